The lowest BCUT2D eigenvalue weighted by Crippen LogP contribution is -2.42. The first-order chi connectivity index (χ1) is 11.1. The number of hydrogen-bond acceptors (Lipinski definition) is 2. The normalized spacial score (nSPS) is 21.1. The Morgan fingerprint density at radius 3 is 2.65 bits per heavy atom. The maximum atomic E-state index is 12.7. The fourth-order valence-electron chi connectivity index (χ4n) is 3.56. The van der Waals surface area contributed by atoms with E-state index in [0.29, 0.717) is 12.0 Å². The van der Waals surface area contributed by atoms with E-state index >= 15 is 0 Å². The van der Waals surface area contributed by atoms with Gasteiger partial charge in [0.25, 0.3) is 5.91 Å². The standard InChI is InChI=1S/C19H25N3O/c1-15-6-3-4-7-18(15)21(2)19(23)17-10-8-16(9-11-17)14-22-13-5-12-20-22/h5,8-13,15,18H,3-4,6-7,14H2,1-2H3. The van der Waals surface area contributed by atoms with Gasteiger partial charge in [-0.2, -0.15) is 5.10 Å². The molecule has 0 spiro atoms. The van der Waals surface area contributed by atoms with E-state index in [9.17, 15) is 4.79 Å². The SMILES string of the molecule is CC1CCCCC1N(C)C(=O)c1ccc(Cn2cccn2)cc1. The molecule has 2 unspecified atom stereocenters. The van der Waals surface area contributed by atoms with Crippen molar-refractivity contribution in [3.05, 3.63) is 53.9 Å². The van der Waals surface area contributed by atoms with Gasteiger partial charge in [0.1, 0.15) is 0 Å². The van der Waals surface area contributed by atoms with Gasteiger partial charge in [-0.25, -0.2) is 0 Å². The lowest BCUT2D eigenvalue weighted by Gasteiger charge is -2.36. The van der Waals surface area contributed by atoms with Crippen molar-refractivity contribution in [1.29, 1.82) is 0 Å². The van der Waals surface area contributed by atoms with E-state index in [-0.39, 0.29) is 5.91 Å². The zero-order chi connectivity index (χ0) is 16.2. The van der Waals surface area contributed by atoms with Crippen LogP contribution in [0.5, 0.6) is 0 Å². The maximum absolute atomic E-state index is 12.7. The average molecular weight is 311 g/mol. The monoisotopic (exact) mass is 311 g/mol. The molecular formula is C19H25N3O. The molecule has 4 nitrogen and oxygen atoms in total. The molecule has 1 fully saturated rings. The lowest BCUT2D eigenvalue weighted by molar-refractivity contribution is 0.0629. The van der Waals surface area contributed by atoms with Crippen LogP contribution in [0.25, 0.3) is 0 Å². The van der Waals surface area contributed by atoms with Crippen LogP contribution in [0, 0.1) is 5.92 Å². The Hall–Kier alpha value is -2.10. The summed E-state index contributed by atoms with van der Waals surface area (Å²) in [5.74, 6) is 0.728. The highest BCUT2D eigenvalue weighted by Gasteiger charge is 2.28. The van der Waals surface area contributed by atoms with Crippen molar-refractivity contribution in [1.82, 2.24) is 14.7 Å². The fraction of sp³-hybridized carbons (Fsp3) is 0.474. The van der Waals surface area contributed by atoms with E-state index < -0.39 is 0 Å². The number of benzene rings is 1. The summed E-state index contributed by atoms with van der Waals surface area (Å²) in [5.41, 5.74) is 1.92. The van der Waals surface area contributed by atoms with Gasteiger partial charge in [-0.15, -0.1) is 0 Å². The van der Waals surface area contributed by atoms with E-state index in [0.717, 1.165) is 24.1 Å². The molecule has 0 N–H and O–H groups in total. The minimum absolute atomic E-state index is 0.134. The van der Waals surface area contributed by atoms with Crippen LogP contribution in [-0.4, -0.2) is 33.7 Å². The summed E-state index contributed by atoms with van der Waals surface area (Å²) in [4.78, 5) is 14.7. The molecular weight excluding hydrogens is 286 g/mol. The molecule has 4 heteroatoms. The molecule has 1 aromatic carbocycles. The summed E-state index contributed by atoms with van der Waals surface area (Å²) in [6.45, 7) is 3.00. The van der Waals surface area contributed by atoms with Gasteiger partial charge in [0.15, 0.2) is 0 Å². The number of hydrogen-bond donors (Lipinski definition) is 0. The Kier molecular flexibility index (Phi) is 4.79. The quantitative estimate of drug-likeness (QED) is 0.865. The zero-order valence-electron chi connectivity index (χ0n) is 14.0. The molecule has 3 rings (SSSR count). The van der Waals surface area contributed by atoms with Crippen molar-refractivity contribution in [3.63, 3.8) is 0 Å². The Morgan fingerprint density at radius 2 is 2.00 bits per heavy atom. The van der Waals surface area contributed by atoms with Gasteiger partial charge in [0, 0.05) is 31.0 Å². The van der Waals surface area contributed by atoms with Crippen LogP contribution >= 0.6 is 0 Å². The second-order valence-corrected chi connectivity index (χ2v) is 6.65. The first kappa shape index (κ1) is 15.8. The number of amides is 1. The first-order valence-electron chi connectivity index (χ1n) is 8.48. The first-order valence-corrected chi connectivity index (χ1v) is 8.48. The van der Waals surface area contributed by atoms with Gasteiger partial charge in [0.2, 0.25) is 0 Å². The Morgan fingerprint density at radius 1 is 1.26 bits per heavy atom. The fourth-order valence-corrected chi connectivity index (χ4v) is 3.56. The second-order valence-electron chi connectivity index (χ2n) is 6.65. The molecule has 0 saturated heterocycles. The smallest absolute Gasteiger partial charge is 0.253 e. The largest absolute Gasteiger partial charge is 0.338 e. The van der Waals surface area contributed by atoms with Gasteiger partial charge in [-0.1, -0.05) is 31.9 Å². The molecule has 1 aromatic heterocycles. The molecule has 1 aliphatic rings. The third-order valence-electron chi connectivity index (χ3n) is 4.99. The van der Waals surface area contributed by atoms with E-state index in [1.54, 1.807) is 6.20 Å². The van der Waals surface area contributed by atoms with Gasteiger partial charge in [0.05, 0.1) is 6.54 Å². The Balaban J connectivity index is 1.67. The highest BCUT2D eigenvalue weighted by molar-refractivity contribution is 5.94. The second kappa shape index (κ2) is 6.99. The molecule has 2 atom stereocenters. The van der Waals surface area contributed by atoms with Crippen LogP contribution in [-0.2, 0) is 6.54 Å². The van der Waals surface area contributed by atoms with Crippen LogP contribution in [0.3, 0.4) is 0 Å². The van der Waals surface area contributed by atoms with Crippen molar-refractivity contribution in [2.24, 2.45) is 5.92 Å². The van der Waals surface area contributed by atoms with Crippen LogP contribution < -0.4 is 0 Å². The molecule has 0 radical (unpaired) electrons. The summed E-state index contributed by atoms with van der Waals surface area (Å²) in [7, 11) is 1.95. The third-order valence-corrected chi connectivity index (χ3v) is 4.99. The Labute approximate surface area is 138 Å². The van der Waals surface area contributed by atoms with Crippen molar-refractivity contribution in [2.75, 3.05) is 7.05 Å². The number of rotatable bonds is 4. The van der Waals surface area contributed by atoms with Crippen LogP contribution in [0.4, 0.5) is 0 Å². The van der Waals surface area contributed by atoms with Gasteiger partial charge >= 0.3 is 0 Å². The van der Waals surface area contributed by atoms with Crippen LogP contribution in [0.15, 0.2) is 42.7 Å². The number of nitrogens with zero attached hydrogens (tertiary/aromatic N) is 3. The van der Waals surface area contributed by atoms with Gasteiger partial charge < -0.3 is 4.90 Å². The molecule has 1 saturated carbocycles. The van der Waals surface area contributed by atoms with Crippen molar-refractivity contribution in [2.45, 2.75) is 45.2 Å². The van der Waals surface area contributed by atoms with E-state index in [4.69, 9.17) is 0 Å². The highest BCUT2D eigenvalue weighted by atomic mass is 16.2. The molecule has 23 heavy (non-hydrogen) atoms. The number of carbonyl (C=O) groups excluding carboxylic acids is 1. The zero-order valence-corrected chi connectivity index (χ0v) is 14.0. The topological polar surface area (TPSA) is 38.1 Å². The molecule has 1 amide bonds. The summed E-state index contributed by atoms with van der Waals surface area (Å²) in [6, 6.07) is 10.2. The third kappa shape index (κ3) is 3.63. The summed E-state index contributed by atoms with van der Waals surface area (Å²) >= 11 is 0. The van der Waals surface area contributed by atoms with E-state index in [1.807, 2.05) is 53.2 Å². The van der Waals surface area contributed by atoms with Crippen molar-refractivity contribution in [3.8, 4) is 0 Å². The van der Waals surface area contributed by atoms with E-state index in [2.05, 4.69) is 12.0 Å². The lowest BCUT2D eigenvalue weighted by atomic mass is 9.85. The molecule has 1 heterocycles. The minimum Gasteiger partial charge on any atom is -0.338 e. The summed E-state index contributed by atoms with van der Waals surface area (Å²) in [5, 5.41) is 4.21. The van der Waals surface area contributed by atoms with Crippen LogP contribution in [0.1, 0.15) is 48.5 Å². The predicted octanol–water partition coefficient (Wildman–Crippen LogP) is 3.58. The minimum atomic E-state index is 0.134. The maximum Gasteiger partial charge on any atom is 0.253 e. The predicted molar refractivity (Wildman–Crippen MR) is 91.3 cm³/mol. The van der Waals surface area contributed by atoms with Gasteiger partial charge in [-0.05, 0) is 42.5 Å². The molecule has 0 aliphatic heterocycles. The summed E-state index contributed by atoms with van der Waals surface area (Å²) < 4.78 is 1.88. The van der Waals surface area contributed by atoms with Crippen LogP contribution in [0.2, 0.25) is 0 Å². The number of aromatic nitrogens is 2. The molecule has 122 valence electrons. The van der Waals surface area contributed by atoms with Crippen molar-refractivity contribution >= 4 is 5.91 Å². The average Bonchev–Trinajstić information content (AvgIpc) is 3.08. The molecule has 1 aliphatic carbocycles. The molecule has 2 aromatic rings. The van der Waals surface area contributed by atoms with Gasteiger partial charge in [-0.3, -0.25) is 9.48 Å². The molecule has 0 bridgehead atoms. The highest BCUT2D eigenvalue weighted by Crippen LogP contribution is 2.28. The summed E-state index contributed by atoms with van der Waals surface area (Å²) in [6.07, 6.45) is 8.60. The number of carbonyl (C=O) groups is 1. The Bertz CT molecular complexity index is 633. The van der Waals surface area contributed by atoms with Crippen molar-refractivity contribution < 1.29 is 4.79 Å². The van der Waals surface area contributed by atoms with E-state index in [1.165, 1.54) is 19.3 Å².